The Morgan fingerprint density at radius 1 is 1.15 bits per heavy atom. The molecule has 116 valence electrons. The summed E-state index contributed by atoms with van der Waals surface area (Å²) < 4.78 is 0. The molecule has 0 aromatic carbocycles. The number of hydrogen-bond donors (Lipinski definition) is 1. The third kappa shape index (κ3) is 3.87. The van der Waals surface area contributed by atoms with Crippen LogP contribution in [0.4, 0.5) is 4.79 Å². The molecular weight excluding hydrogens is 252 g/mol. The van der Waals surface area contributed by atoms with Gasteiger partial charge in [-0.2, -0.15) is 0 Å². The fourth-order valence-corrected chi connectivity index (χ4v) is 3.91. The maximum atomic E-state index is 11.5. The van der Waals surface area contributed by atoms with Crippen LogP contribution in [0.2, 0.25) is 0 Å². The van der Waals surface area contributed by atoms with E-state index in [-0.39, 0.29) is 11.6 Å². The van der Waals surface area contributed by atoms with E-state index in [1.165, 1.54) is 45.3 Å². The average molecular weight is 282 g/mol. The van der Waals surface area contributed by atoms with Crippen LogP contribution < -0.4 is 0 Å². The van der Waals surface area contributed by atoms with Crippen molar-refractivity contribution in [1.82, 2.24) is 9.80 Å². The molecule has 1 saturated carbocycles. The van der Waals surface area contributed by atoms with Gasteiger partial charge in [0.25, 0.3) is 0 Å². The first-order valence-electron chi connectivity index (χ1n) is 8.12. The number of rotatable bonds is 3. The molecule has 20 heavy (non-hydrogen) atoms. The average Bonchev–Trinajstić information content (AvgIpc) is 2.82. The van der Waals surface area contributed by atoms with Crippen molar-refractivity contribution in [1.29, 1.82) is 0 Å². The van der Waals surface area contributed by atoms with E-state index in [1.807, 2.05) is 20.8 Å². The fraction of sp³-hybridized carbons (Fsp3) is 0.938. The Morgan fingerprint density at radius 3 is 2.15 bits per heavy atom. The van der Waals surface area contributed by atoms with Gasteiger partial charge in [-0.3, -0.25) is 0 Å². The van der Waals surface area contributed by atoms with Crippen LogP contribution in [-0.4, -0.2) is 52.2 Å². The van der Waals surface area contributed by atoms with E-state index in [0.29, 0.717) is 0 Å². The monoisotopic (exact) mass is 282 g/mol. The standard InChI is InChI=1S/C16H30N2O2/c1-16(2,3)18(15(19)20)14-8-6-13(7-9-14)12-17-10-4-5-11-17/h13-14H,4-12H2,1-3H3,(H,19,20)/t13-,14-. The number of hydrogen-bond acceptors (Lipinski definition) is 2. The number of amides is 1. The molecule has 1 saturated heterocycles. The molecule has 0 aromatic rings. The van der Waals surface area contributed by atoms with Crippen molar-refractivity contribution < 1.29 is 9.90 Å². The largest absolute Gasteiger partial charge is 0.465 e. The van der Waals surface area contributed by atoms with Crippen molar-refractivity contribution in [2.75, 3.05) is 19.6 Å². The summed E-state index contributed by atoms with van der Waals surface area (Å²) in [5, 5.41) is 9.47. The minimum Gasteiger partial charge on any atom is -0.465 e. The lowest BCUT2D eigenvalue weighted by atomic mass is 9.83. The zero-order valence-electron chi connectivity index (χ0n) is 13.3. The van der Waals surface area contributed by atoms with Gasteiger partial charge in [-0.15, -0.1) is 0 Å². The second-order valence-electron chi connectivity index (χ2n) is 7.51. The zero-order valence-corrected chi connectivity index (χ0v) is 13.3. The van der Waals surface area contributed by atoms with Crippen LogP contribution in [0.15, 0.2) is 0 Å². The first-order valence-corrected chi connectivity index (χ1v) is 8.12. The molecule has 1 aliphatic heterocycles. The SMILES string of the molecule is CC(C)(C)N(C(=O)O)[C@H]1CC[C@H](CN2CCCC2)CC1. The summed E-state index contributed by atoms with van der Waals surface area (Å²) in [5.74, 6) is 0.778. The van der Waals surface area contributed by atoms with Crippen molar-refractivity contribution in [2.24, 2.45) is 5.92 Å². The van der Waals surface area contributed by atoms with Gasteiger partial charge in [-0.1, -0.05) is 0 Å². The van der Waals surface area contributed by atoms with E-state index in [4.69, 9.17) is 0 Å². The molecule has 0 spiro atoms. The highest BCUT2D eigenvalue weighted by molar-refractivity contribution is 5.66. The van der Waals surface area contributed by atoms with Gasteiger partial charge < -0.3 is 14.9 Å². The predicted molar refractivity (Wildman–Crippen MR) is 81.0 cm³/mol. The van der Waals surface area contributed by atoms with E-state index in [0.717, 1.165) is 18.8 Å². The third-order valence-electron chi connectivity index (χ3n) is 4.83. The minimum absolute atomic E-state index is 0.210. The smallest absolute Gasteiger partial charge is 0.407 e. The highest BCUT2D eigenvalue weighted by Gasteiger charge is 2.35. The Labute approximate surface area is 123 Å². The van der Waals surface area contributed by atoms with Crippen LogP contribution in [0, 0.1) is 5.92 Å². The number of carboxylic acid groups (broad SMARTS) is 1. The molecule has 1 aliphatic carbocycles. The third-order valence-corrected chi connectivity index (χ3v) is 4.83. The second-order valence-corrected chi connectivity index (χ2v) is 7.51. The summed E-state index contributed by atoms with van der Waals surface area (Å²) in [4.78, 5) is 15.8. The highest BCUT2D eigenvalue weighted by Crippen LogP contribution is 2.32. The highest BCUT2D eigenvalue weighted by atomic mass is 16.4. The van der Waals surface area contributed by atoms with Crippen LogP contribution in [-0.2, 0) is 0 Å². The molecule has 0 bridgehead atoms. The van der Waals surface area contributed by atoms with Crippen molar-refractivity contribution in [3.63, 3.8) is 0 Å². The van der Waals surface area contributed by atoms with Crippen LogP contribution >= 0.6 is 0 Å². The summed E-state index contributed by atoms with van der Waals surface area (Å²) in [6.07, 6.45) is 6.37. The van der Waals surface area contributed by atoms with Gasteiger partial charge in [0.15, 0.2) is 0 Å². The lowest BCUT2D eigenvalue weighted by Gasteiger charge is -2.43. The quantitative estimate of drug-likeness (QED) is 0.862. The van der Waals surface area contributed by atoms with Crippen LogP contribution in [0.3, 0.4) is 0 Å². The molecule has 2 aliphatic rings. The maximum absolute atomic E-state index is 11.5. The van der Waals surface area contributed by atoms with Gasteiger partial charge >= 0.3 is 6.09 Å². The molecule has 0 unspecified atom stereocenters. The number of nitrogens with zero attached hydrogens (tertiary/aromatic N) is 2. The lowest BCUT2D eigenvalue weighted by Crippen LogP contribution is -2.52. The Morgan fingerprint density at radius 2 is 1.70 bits per heavy atom. The second kappa shape index (κ2) is 6.33. The summed E-state index contributed by atoms with van der Waals surface area (Å²) in [6, 6.07) is 0.210. The van der Waals surface area contributed by atoms with E-state index in [2.05, 4.69) is 4.90 Å². The first-order chi connectivity index (χ1) is 9.38. The van der Waals surface area contributed by atoms with Crippen molar-refractivity contribution >= 4 is 6.09 Å². The van der Waals surface area contributed by atoms with Crippen molar-refractivity contribution in [3.8, 4) is 0 Å². The van der Waals surface area contributed by atoms with Crippen molar-refractivity contribution in [2.45, 2.75) is 70.9 Å². The number of likely N-dealkylation sites (tertiary alicyclic amines) is 1. The molecule has 1 N–H and O–H groups in total. The molecule has 0 aromatic heterocycles. The summed E-state index contributed by atoms with van der Waals surface area (Å²) in [6.45, 7) is 9.76. The Kier molecular flexibility index (Phi) is 4.95. The molecule has 4 heteroatoms. The molecule has 1 amide bonds. The molecule has 2 fully saturated rings. The Hall–Kier alpha value is -0.770. The van der Waals surface area contributed by atoms with Gasteiger partial charge in [0, 0.05) is 18.1 Å². The van der Waals surface area contributed by atoms with Gasteiger partial charge in [-0.05, 0) is 78.3 Å². The van der Waals surface area contributed by atoms with Crippen LogP contribution in [0.5, 0.6) is 0 Å². The lowest BCUT2D eigenvalue weighted by molar-refractivity contribution is 0.0477. The summed E-state index contributed by atoms with van der Waals surface area (Å²) in [7, 11) is 0. The fourth-order valence-electron chi connectivity index (χ4n) is 3.91. The van der Waals surface area contributed by atoms with Gasteiger partial charge in [0.05, 0.1) is 0 Å². The molecule has 0 radical (unpaired) electrons. The molecule has 4 nitrogen and oxygen atoms in total. The molecule has 1 heterocycles. The minimum atomic E-state index is -0.763. The van der Waals surface area contributed by atoms with Crippen LogP contribution in [0.25, 0.3) is 0 Å². The first kappa shape index (κ1) is 15.6. The van der Waals surface area contributed by atoms with Crippen LogP contribution in [0.1, 0.15) is 59.3 Å². The Balaban J connectivity index is 1.84. The predicted octanol–water partition coefficient (Wildman–Crippen LogP) is 3.42. The van der Waals surface area contributed by atoms with Gasteiger partial charge in [0.1, 0.15) is 0 Å². The summed E-state index contributed by atoms with van der Waals surface area (Å²) >= 11 is 0. The maximum Gasteiger partial charge on any atom is 0.407 e. The zero-order chi connectivity index (χ0) is 14.8. The topological polar surface area (TPSA) is 43.8 Å². The summed E-state index contributed by atoms with van der Waals surface area (Å²) in [5.41, 5.74) is -0.293. The normalized spacial score (nSPS) is 28.6. The van der Waals surface area contributed by atoms with Crippen molar-refractivity contribution in [3.05, 3.63) is 0 Å². The van der Waals surface area contributed by atoms with E-state index >= 15 is 0 Å². The van der Waals surface area contributed by atoms with Gasteiger partial charge in [-0.25, -0.2) is 4.79 Å². The Bertz CT molecular complexity index is 324. The molecule has 2 rings (SSSR count). The molecule has 0 atom stereocenters. The van der Waals surface area contributed by atoms with E-state index < -0.39 is 6.09 Å². The molecular formula is C16H30N2O2. The van der Waals surface area contributed by atoms with E-state index in [9.17, 15) is 9.90 Å². The van der Waals surface area contributed by atoms with Gasteiger partial charge in [0.2, 0.25) is 0 Å². The number of carbonyl (C=O) groups is 1. The van der Waals surface area contributed by atoms with E-state index in [1.54, 1.807) is 4.90 Å².